The van der Waals surface area contributed by atoms with Crippen molar-refractivity contribution >= 4 is 22.9 Å². The number of aromatic nitrogens is 2. The number of carbonyl (C=O) groups is 2. The molecule has 8 heteroatoms. The SMILES string of the molecule is CN(C(=O)OC(C)(C)C)C1CCN(C(=O)c2cn(C)c(=O)c3[nH]ccc23)CC1. The standard InChI is InChI=1S/C20H28N4O4/c1-20(2,3)28-19(27)23(5)13-7-10-24(11-8-13)17(25)15-12-22(4)18(26)16-14(15)6-9-21-16/h6,9,12-13,21H,7-8,10-11H2,1-5H3. The molecule has 0 unspecified atom stereocenters. The smallest absolute Gasteiger partial charge is 0.410 e. The Morgan fingerprint density at radius 3 is 2.50 bits per heavy atom. The average molecular weight is 388 g/mol. The summed E-state index contributed by atoms with van der Waals surface area (Å²) in [6.07, 6.45) is 4.29. The van der Waals surface area contributed by atoms with Crippen LogP contribution in [-0.2, 0) is 11.8 Å². The topological polar surface area (TPSA) is 87.6 Å². The van der Waals surface area contributed by atoms with E-state index < -0.39 is 5.60 Å². The maximum atomic E-state index is 13.1. The fourth-order valence-corrected chi connectivity index (χ4v) is 3.55. The highest BCUT2D eigenvalue weighted by molar-refractivity contribution is 6.05. The number of ether oxygens (including phenoxy) is 1. The summed E-state index contributed by atoms with van der Waals surface area (Å²) >= 11 is 0. The van der Waals surface area contributed by atoms with Crippen LogP contribution in [0.2, 0.25) is 0 Å². The molecule has 1 aliphatic heterocycles. The number of aromatic amines is 1. The highest BCUT2D eigenvalue weighted by Gasteiger charge is 2.31. The number of aryl methyl sites for hydroxylation is 1. The molecule has 0 radical (unpaired) electrons. The number of fused-ring (bicyclic) bond motifs is 1. The molecule has 2 aromatic heterocycles. The number of piperidine rings is 1. The van der Waals surface area contributed by atoms with Crippen molar-refractivity contribution in [2.45, 2.75) is 45.3 Å². The minimum absolute atomic E-state index is 0.0336. The summed E-state index contributed by atoms with van der Waals surface area (Å²) in [5.74, 6) is -0.0985. The number of amides is 2. The van der Waals surface area contributed by atoms with Crippen LogP contribution in [0.3, 0.4) is 0 Å². The van der Waals surface area contributed by atoms with Gasteiger partial charge in [0.15, 0.2) is 0 Å². The molecule has 3 heterocycles. The van der Waals surface area contributed by atoms with E-state index in [4.69, 9.17) is 4.74 Å². The van der Waals surface area contributed by atoms with Gasteiger partial charge in [0.05, 0.1) is 5.56 Å². The van der Waals surface area contributed by atoms with Crippen molar-refractivity contribution < 1.29 is 14.3 Å². The fourth-order valence-electron chi connectivity index (χ4n) is 3.55. The maximum absolute atomic E-state index is 13.1. The lowest BCUT2D eigenvalue weighted by Gasteiger charge is -2.37. The Balaban J connectivity index is 1.70. The summed E-state index contributed by atoms with van der Waals surface area (Å²) in [7, 11) is 3.38. The van der Waals surface area contributed by atoms with Crippen molar-refractivity contribution in [1.29, 1.82) is 0 Å². The van der Waals surface area contributed by atoms with Gasteiger partial charge in [0.25, 0.3) is 11.5 Å². The van der Waals surface area contributed by atoms with Crippen molar-refractivity contribution in [1.82, 2.24) is 19.4 Å². The number of H-pyrrole nitrogens is 1. The molecular formula is C20H28N4O4. The van der Waals surface area contributed by atoms with Crippen LogP contribution in [0.25, 0.3) is 10.9 Å². The predicted octanol–water partition coefficient (Wildman–Crippen LogP) is 2.34. The first-order valence-corrected chi connectivity index (χ1v) is 9.50. The van der Waals surface area contributed by atoms with Gasteiger partial charge in [-0.1, -0.05) is 0 Å². The normalized spacial score (nSPS) is 15.7. The number of hydrogen-bond donors (Lipinski definition) is 1. The van der Waals surface area contributed by atoms with Gasteiger partial charge < -0.3 is 24.1 Å². The Morgan fingerprint density at radius 2 is 1.89 bits per heavy atom. The summed E-state index contributed by atoms with van der Waals surface area (Å²) in [5.41, 5.74) is 0.257. The minimum Gasteiger partial charge on any atom is -0.444 e. The average Bonchev–Trinajstić information content (AvgIpc) is 3.12. The number of hydrogen-bond acceptors (Lipinski definition) is 4. The van der Waals surface area contributed by atoms with Gasteiger partial charge in [-0.3, -0.25) is 9.59 Å². The number of carbonyl (C=O) groups excluding carboxylic acids is 2. The third-order valence-corrected chi connectivity index (χ3v) is 5.11. The molecule has 1 fully saturated rings. The van der Waals surface area contributed by atoms with E-state index in [-0.39, 0.29) is 23.6 Å². The van der Waals surface area contributed by atoms with Crippen molar-refractivity contribution in [3.63, 3.8) is 0 Å². The molecule has 8 nitrogen and oxygen atoms in total. The zero-order valence-corrected chi connectivity index (χ0v) is 17.1. The summed E-state index contributed by atoms with van der Waals surface area (Å²) < 4.78 is 6.86. The molecule has 1 N–H and O–H groups in total. The number of likely N-dealkylation sites (tertiary alicyclic amines) is 1. The Bertz CT molecular complexity index is 945. The van der Waals surface area contributed by atoms with Gasteiger partial charge in [0.2, 0.25) is 0 Å². The van der Waals surface area contributed by atoms with E-state index in [0.29, 0.717) is 42.4 Å². The van der Waals surface area contributed by atoms with Crippen molar-refractivity contribution in [3.8, 4) is 0 Å². The molecule has 0 aromatic carbocycles. The van der Waals surface area contributed by atoms with E-state index >= 15 is 0 Å². The summed E-state index contributed by atoms with van der Waals surface area (Å²) in [4.78, 5) is 43.8. The molecule has 0 aliphatic carbocycles. The molecule has 0 spiro atoms. The molecule has 1 aliphatic rings. The second kappa shape index (κ2) is 7.33. The maximum Gasteiger partial charge on any atom is 0.410 e. The van der Waals surface area contributed by atoms with Crippen LogP contribution in [0.15, 0.2) is 23.3 Å². The van der Waals surface area contributed by atoms with Crippen molar-refractivity contribution in [3.05, 3.63) is 34.4 Å². The molecule has 2 amide bonds. The van der Waals surface area contributed by atoms with Crippen LogP contribution in [0.4, 0.5) is 4.79 Å². The number of rotatable bonds is 2. The van der Waals surface area contributed by atoms with E-state index in [1.165, 1.54) is 4.57 Å². The van der Waals surface area contributed by atoms with Crippen LogP contribution in [0.5, 0.6) is 0 Å². The second-order valence-corrected chi connectivity index (χ2v) is 8.34. The van der Waals surface area contributed by atoms with Gasteiger partial charge >= 0.3 is 6.09 Å². The van der Waals surface area contributed by atoms with Crippen LogP contribution in [-0.4, -0.2) is 63.1 Å². The first kappa shape index (κ1) is 20.0. The predicted molar refractivity (Wildman–Crippen MR) is 106 cm³/mol. The van der Waals surface area contributed by atoms with Crippen LogP contribution >= 0.6 is 0 Å². The third kappa shape index (κ3) is 3.90. The molecular weight excluding hydrogens is 360 g/mol. The molecule has 2 aromatic rings. The monoisotopic (exact) mass is 388 g/mol. The van der Waals surface area contributed by atoms with Crippen molar-refractivity contribution in [2.75, 3.05) is 20.1 Å². The van der Waals surface area contributed by atoms with Gasteiger partial charge in [-0.25, -0.2) is 4.79 Å². The van der Waals surface area contributed by atoms with Gasteiger partial charge in [-0.2, -0.15) is 0 Å². The Kier molecular flexibility index (Phi) is 5.23. The van der Waals surface area contributed by atoms with Gasteiger partial charge in [-0.05, 0) is 39.7 Å². The molecule has 152 valence electrons. The van der Waals surface area contributed by atoms with Gasteiger partial charge in [0, 0.05) is 51.0 Å². The van der Waals surface area contributed by atoms with E-state index in [9.17, 15) is 14.4 Å². The molecule has 0 saturated carbocycles. The van der Waals surface area contributed by atoms with Crippen LogP contribution in [0, 0.1) is 0 Å². The molecule has 1 saturated heterocycles. The van der Waals surface area contributed by atoms with Crippen LogP contribution in [0.1, 0.15) is 44.0 Å². The zero-order valence-electron chi connectivity index (χ0n) is 17.1. The Labute approximate surface area is 164 Å². The highest BCUT2D eigenvalue weighted by atomic mass is 16.6. The molecule has 0 bridgehead atoms. The molecule has 0 atom stereocenters. The lowest BCUT2D eigenvalue weighted by atomic mass is 10.0. The summed E-state index contributed by atoms with van der Waals surface area (Å²) in [5, 5.41) is 0.640. The zero-order chi connectivity index (χ0) is 20.6. The van der Waals surface area contributed by atoms with E-state index in [0.717, 1.165) is 0 Å². The lowest BCUT2D eigenvalue weighted by Crippen LogP contribution is -2.48. The number of nitrogens with zero attached hydrogens (tertiary/aromatic N) is 3. The Hall–Kier alpha value is -2.77. The van der Waals surface area contributed by atoms with Gasteiger partial charge in [-0.15, -0.1) is 0 Å². The molecule has 28 heavy (non-hydrogen) atoms. The third-order valence-electron chi connectivity index (χ3n) is 5.11. The van der Waals surface area contributed by atoms with E-state index in [1.807, 2.05) is 20.8 Å². The summed E-state index contributed by atoms with van der Waals surface area (Å²) in [6, 6.07) is 1.79. The number of nitrogens with one attached hydrogen (secondary N) is 1. The second-order valence-electron chi connectivity index (χ2n) is 8.34. The lowest BCUT2D eigenvalue weighted by molar-refractivity contribution is 0.0156. The van der Waals surface area contributed by atoms with Crippen molar-refractivity contribution in [2.24, 2.45) is 7.05 Å². The van der Waals surface area contributed by atoms with Gasteiger partial charge in [0.1, 0.15) is 11.1 Å². The molecule has 3 rings (SSSR count). The first-order chi connectivity index (χ1) is 13.1. The summed E-state index contributed by atoms with van der Waals surface area (Å²) in [6.45, 7) is 6.62. The van der Waals surface area contributed by atoms with Crippen LogP contribution < -0.4 is 5.56 Å². The van der Waals surface area contributed by atoms with E-state index in [2.05, 4.69) is 4.98 Å². The quantitative estimate of drug-likeness (QED) is 0.855. The first-order valence-electron chi connectivity index (χ1n) is 9.50. The van der Waals surface area contributed by atoms with E-state index in [1.54, 1.807) is 42.4 Å². The Morgan fingerprint density at radius 1 is 1.25 bits per heavy atom. The largest absolute Gasteiger partial charge is 0.444 e. The fraction of sp³-hybridized carbons (Fsp3) is 0.550. The minimum atomic E-state index is -0.535. The highest BCUT2D eigenvalue weighted by Crippen LogP contribution is 2.22. The number of pyridine rings is 1.